The molecule has 0 spiro atoms. The quantitative estimate of drug-likeness (QED) is 0.665. The lowest BCUT2D eigenvalue weighted by molar-refractivity contribution is 0.0966. The lowest BCUT2D eigenvalue weighted by Gasteiger charge is -2.13. The van der Waals surface area contributed by atoms with Crippen molar-refractivity contribution in [1.29, 1.82) is 0 Å². The minimum Gasteiger partial charge on any atom is -0.348 e. The number of allylic oxidation sites excluding steroid dienone is 1. The third-order valence-electron chi connectivity index (χ3n) is 3.35. The van der Waals surface area contributed by atoms with Crippen molar-refractivity contribution in [3.8, 4) is 0 Å². The summed E-state index contributed by atoms with van der Waals surface area (Å²) >= 11 is 0. The van der Waals surface area contributed by atoms with Crippen molar-refractivity contribution >= 4 is 11.6 Å². The van der Waals surface area contributed by atoms with E-state index in [1.807, 2.05) is 24.4 Å². The third kappa shape index (κ3) is 2.50. The number of benzene rings is 1. The molecule has 1 aliphatic carbocycles. The molecule has 1 heterocycles. The van der Waals surface area contributed by atoms with Gasteiger partial charge in [-0.1, -0.05) is 17.4 Å². The number of hydrogen-bond acceptors (Lipinski definition) is 3. The summed E-state index contributed by atoms with van der Waals surface area (Å²) in [7, 11) is 1.64. The van der Waals surface area contributed by atoms with Gasteiger partial charge in [0.1, 0.15) is 0 Å². The maximum atomic E-state index is 11.7. The molecule has 0 bridgehead atoms. The highest BCUT2D eigenvalue weighted by Crippen LogP contribution is 2.31. The molecule has 5 nitrogen and oxygen atoms in total. The number of nitrogens with zero attached hydrogens (tertiary/aromatic N) is 3. The van der Waals surface area contributed by atoms with Crippen LogP contribution in [0, 0.1) is 5.92 Å². The van der Waals surface area contributed by atoms with E-state index in [1.165, 1.54) is 12.8 Å². The molecule has 1 aromatic rings. The van der Waals surface area contributed by atoms with E-state index >= 15 is 0 Å². The summed E-state index contributed by atoms with van der Waals surface area (Å²) in [6.07, 6.45) is 6.57. The molecule has 1 aliphatic heterocycles. The fourth-order valence-electron chi connectivity index (χ4n) is 2.10. The largest absolute Gasteiger partial charge is 0.348 e. The van der Waals surface area contributed by atoms with Gasteiger partial charge in [0.2, 0.25) is 0 Å². The summed E-state index contributed by atoms with van der Waals surface area (Å²) in [5, 5.41) is 12.4. The highest BCUT2D eigenvalue weighted by Gasteiger charge is 2.21. The van der Waals surface area contributed by atoms with Crippen LogP contribution < -0.4 is 10.3 Å². The van der Waals surface area contributed by atoms with E-state index in [0.717, 1.165) is 16.8 Å². The standard InChI is InChI=1S/C14H16N4O/c1-15-17-18(7-6-10-2-3-10)12-5-4-11-9-16-14(19)13(11)8-12/h4-8,10H,2-3,9H2,1H3,(H,16,19)/b7-6+,17-15?. The molecule has 0 saturated heterocycles. The zero-order valence-electron chi connectivity index (χ0n) is 10.8. The minimum atomic E-state index is -0.0172. The normalized spacial score (nSPS) is 18.1. The topological polar surface area (TPSA) is 57.1 Å². The Morgan fingerprint density at radius 3 is 3.00 bits per heavy atom. The molecule has 1 amide bonds. The number of anilines is 1. The summed E-state index contributed by atoms with van der Waals surface area (Å²) in [5.41, 5.74) is 2.63. The molecule has 1 aromatic carbocycles. The van der Waals surface area contributed by atoms with Crippen molar-refractivity contribution < 1.29 is 4.79 Å². The predicted molar refractivity (Wildman–Crippen MR) is 72.7 cm³/mol. The lowest BCUT2D eigenvalue weighted by Crippen LogP contribution is -2.13. The zero-order chi connectivity index (χ0) is 13.2. The van der Waals surface area contributed by atoms with Crippen molar-refractivity contribution in [2.24, 2.45) is 16.3 Å². The molecule has 0 aromatic heterocycles. The molecule has 3 rings (SSSR count). The zero-order valence-corrected chi connectivity index (χ0v) is 10.8. The van der Waals surface area contributed by atoms with E-state index in [1.54, 1.807) is 12.1 Å². The molecule has 2 aliphatic rings. The van der Waals surface area contributed by atoms with Gasteiger partial charge in [-0.25, -0.2) is 5.01 Å². The van der Waals surface area contributed by atoms with E-state index in [9.17, 15) is 4.79 Å². The second kappa shape index (κ2) is 4.84. The first-order valence-corrected chi connectivity index (χ1v) is 6.46. The Morgan fingerprint density at radius 2 is 2.26 bits per heavy atom. The first kappa shape index (κ1) is 11.9. The van der Waals surface area contributed by atoms with Crippen LogP contribution >= 0.6 is 0 Å². The van der Waals surface area contributed by atoms with Crippen molar-refractivity contribution in [3.63, 3.8) is 0 Å². The molecular formula is C14H16N4O. The van der Waals surface area contributed by atoms with Gasteiger partial charge in [-0.3, -0.25) is 4.79 Å². The highest BCUT2D eigenvalue weighted by molar-refractivity contribution is 5.99. The maximum absolute atomic E-state index is 11.7. The third-order valence-corrected chi connectivity index (χ3v) is 3.35. The molecule has 5 heteroatoms. The van der Waals surface area contributed by atoms with E-state index < -0.39 is 0 Å². The fraction of sp³-hybridized carbons (Fsp3) is 0.357. The molecule has 19 heavy (non-hydrogen) atoms. The van der Waals surface area contributed by atoms with Crippen molar-refractivity contribution in [2.75, 3.05) is 12.1 Å². The Balaban J connectivity index is 1.89. The van der Waals surface area contributed by atoms with Gasteiger partial charge in [-0.05, 0) is 36.5 Å². The molecule has 1 saturated carbocycles. The van der Waals surface area contributed by atoms with E-state index in [0.29, 0.717) is 12.5 Å². The Labute approximate surface area is 112 Å². The smallest absolute Gasteiger partial charge is 0.251 e. The van der Waals surface area contributed by atoms with Gasteiger partial charge in [-0.15, -0.1) is 0 Å². The van der Waals surface area contributed by atoms with Gasteiger partial charge in [0, 0.05) is 18.3 Å². The van der Waals surface area contributed by atoms with E-state index in [-0.39, 0.29) is 5.91 Å². The molecule has 0 radical (unpaired) electrons. The number of rotatable bonds is 4. The van der Waals surface area contributed by atoms with Crippen LogP contribution in [0.5, 0.6) is 0 Å². The Hall–Kier alpha value is -2.17. The summed E-state index contributed by atoms with van der Waals surface area (Å²) in [6.45, 7) is 0.613. The van der Waals surface area contributed by atoms with Gasteiger partial charge < -0.3 is 5.32 Å². The average molecular weight is 256 g/mol. The van der Waals surface area contributed by atoms with Crippen LogP contribution in [0.25, 0.3) is 0 Å². The summed E-state index contributed by atoms with van der Waals surface area (Å²) in [6, 6.07) is 5.79. The molecular weight excluding hydrogens is 240 g/mol. The number of hydrogen-bond donors (Lipinski definition) is 1. The predicted octanol–water partition coefficient (Wildman–Crippen LogP) is 2.66. The first-order chi connectivity index (χ1) is 9.28. The molecule has 1 fully saturated rings. The van der Waals surface area contributed by atoms with Crippen LogP contribution in [0.2, 0.25) is 0 Å². The Bertz CT molecular complexity index is 561. The minimum absolute atomic E-state index is 0.0172. The van der Waals surface area contributed by atoms with Crippen molar-refractivity contribution in [2.45, 2.75) is 19.4 Å². The van der Waals surface area contributed by atoms with E-state index in [4.69, 9.17) is 0 Å². The van der Waals surface area contributed by atoms with Gasteiger partial charge in [0.25, 0.3) is 5.91 Å². The summed E-state index contributed by atoms with van der Waals surface area (Å²) < 4.78 is 0. The Kier molecular flexibility index (Phi) is 3.03. The number of amides is 1. The molecule has 98 valence electrons. The first-order valence-electron chi connectivity index (χ1n) is 6.46. The highest BCUT2D eigenvalue weighted by atomic mass is 16.1. The van der Waals surface area contributed by atoms with Gasteiger partial charge in [-0.2, -0.15) is 5.11 Å². The number of nitrogens with one attached hydrogen (secondary N) is 1. The fourth-order valence-corrected chi connectivity index (χ4v) is 2.10. The molecule has 1 N–H and O–H groups in total. The number of fused-ring (bicyclic) bond motifs is 1. The van der Waals surface area contributed by atoms with Crippen LogP contribution in [-0.2, 0) is 6.54 Å². The second-order valence-corrected chi connectivity index (χ2v) is 4.84. The molecule has 0 unspecified atom stereocenters. The number of carbonyl (C=O) groups is 1. The number of carbonyl (C=O) groups excluding carboxylic acids is 1. The van der Waals surface area contributed by atoms with Crippen LogP contribution in [0.15, 0.2) is 40.8 Å². The van der Waals surface area contributed by atoms with Crippen molar-refractivity contribution in [3.05, 3.63) is 41.6 Å². The Morgan fingerprint density at radius 1 is 1.42 bits per heavy atom. The van der Waals surface area contributed by atoms with Crippen molar-refractivity contribution in [1.82, 2.24) is 5.32 Å². The maximum Gasteiger partial charge on any atom is 0.251 e. The van der Waals surface area contributed by atoms with Crippen LogP contribution in [0.4, 0.5) is 5.69 Å². The average Bonchev–Trinajstić information content (AvgIpc) is 3.18. The SMILES string of the molecule is CN=NN(/C=C/C1CC1)c1ccc2c(c1)C(=O)NC2. The monoisotopic (exact) mass is 256 g/mol. The second-order valence-electron chi connectivity index (χ2n) is 4.84. The molecule has 0 atom stereocenters. The van der Waals surface area contributed by atoms with E-state index in [2.05, 4.69) is 21.7 Å². The van der Waals surface area contributed by atoms with Gasteiger partial charge >= 0.3 is 0 Å². The van der Waals surface area contributed by atoms with Gasteiger partial charge in [0.15, 0.2) is 0 Å². The summed E-state index contributed by atoms with van der Waals surface area (Å²) in [5.74, 6) is 0.656. The lowest BCUT2D eigenvalue weighted by atomic mass is 10.1. The van der Waals surface area contributed by atoms with Crippen LogP contribution in [-0.4, -0.2) is 13.0 Å². The summed E-state index contributed by atoms with van der Waals surface area (Å²) in [4.78, 5) is 11.7. The van der Waals surface area contributed by atoms with Crippen LogP contribution in [0.1, 0.15) is 28.8 Å². The van der Waals surface area contributed by atoms with Gasteiger partial charge in [0.05, 0.1) is 12.7 Å². The van der Waals surface area contributed by atoms with Crippen LogP contribution in [0.3, 0.4) is 0 Å².